The summed E-state index contributed by atoms with van der Waals surface area (Å²) in [5.41, 5.74) is 0. The highest BCUT2D eigenvalue weighted by atomic mass is 32.2. The Bertz CT molecular complexity index is 2720. The van der Waals surface area contributed by atoms with Crippen molar-refractivity contribution in [1.29, 1.82) is 0 Å². The van der Waals surface area contributed by atoms with Crippen LogP contribution in [0.3, 0.4) is 0 Å². The van der Waals surface area contributed by atoms with E-state index in [2.05, 4.69) is 97.1 Å². The van der Waals surface area contributed by atoms with E-state index in [0.29, 0.717) is 0 Å². The second kappa shape index (κ2) is 24.7. The quantitative estimate of drug-likeness (QED) is 0.0749. The van der Waals surface area contributed by atoms with E-state index in [0.717, 1.165) is 0 Å². The van der Waals surface area contributed by atoms with Gasteiger partial charge in [0.25, 0.3) is 0 Å². The van der Waals surface area contributed by atoms with Gasteiger partial charge in [-0.1, -0.05) is 96.3 Å². The Morgan fingerprint density at radius 2 is 0.357 bits per heavy atom. The molecular formula is C40H22F34O6S4. The number of halogens is 34. The van der Waals surface area contributed by atoms with Crippen LogP contribution in [0.1, 0.15) is 0 Å². The van der Waals surface area contributed by atoms with Crippen molar-refractivity contribution in [2.24, 2.45) is 0 Å². The SMILES string of the molecule is O=S(=O)(O)C(F)(F)C(F)(F)C(F)(F)C(F)(F)C(F)(F)C(F)(F)C(F)(F)C(F)(F)F.O=S(=O)(O)C(F)(F)C(F)(F)C(F)(F)C(F)(F)C(F)(F)C(F)(F)C(F)(F)C(F)(F)F.c1ccc(Sc2ccccc2)cc1.c1ccc(Sc2ccccc2)cc1. The zero-order valence-corrected chi connectivity index (χ0v) is 41.8. The molecule has 4 aromatic carbocycles. The highest BCUT2D eigenvalue weighted by Gasteiger charge is 2.98. The van der Waals surface area contributed by atoms with Gasteiger partial charge < -0.3 is 0 Å². The van der Waals surface area contributed by atoms with Gasteiger partial charge in [0.15, 0.2) is 0 Å². The van der Waals surface area contributed by atoms with Crippen molar-refractivity contribution in [2.45, 2.75) is 114 Å². The highest BCUT2D eigenvalue weighted by Crippen LogP contribution is 2.66. The van der Waals surface area contributed by atoms with Crippen LogP contribution in [-0.2, 0) is 20.2 Å². The van der Waals surface area contributed by atoms with Gasteiger partial charge in [-0.3, -0.25) is 9.11 Å². The van der Waals surface area contributed by atoms with Crippen LogP contribution in [0.15, 0.2) is 141 Å². The monoisotopic (exact) mass is 1370 g/mol. The zero-order valence-electron chi connectivity index (χ0n) is 38.6. The minimum Gasteiger partial charge on any atom is -0.281 e. The van der Waals surface area contributed by atoms with Gasteiger partial charge in [0, 0.05) is 19.6 Å². The van der Waals surface area contributed by atoms with Gasteiger partial charge in [0.1, 0.15) is 0 Å². The van der Waals surface area contributed by atoms with E-state index < -0.39 is 114 Å². The van der Waals surface area contributed by atoms with Gasteiger partial charge in [0.2, 0.25) is 0 Å². The predicted molar refractivity (Wildman–Crippen MR) is 218 cm³/mol. The molecule has 0 aromatic heterocycles. The second-order valence-electron chi connectivity index (χ2n) is 15.3. The summed E-state index contributed by atoms with van der Waals surface area (Å²) < 4.78 is 485. The van der Waals surface area contributed by atoms with Crippen molar-refractivity contribution in [1.82, 2.24) is 0 Å². The average molecular weight is 1370 g/mol. The summed E-state index contributed by atoms with van der Waals surface area (Å²) in [6, 6.07) is 41.6. The van der Waals surface area contributed by atoms with Crippen LogP contribution < -0.4 is 0 Å². The summed E-state index contributed by atoms with van der Waals surface area (Å²) in [5, 5.41) is -15.7. The topological polar surface area (TPSA) is 109 Å². The second-order valence-corrected chi connectivity index (χ2v) is 20.5. The molecule has 4 rings (SSSR count). The van der Waals surface area contributed by atoms with E-state index in [1.807, 2.05) is 24.3 Å². The first-order valence-corrected chi connectivity index (χ1v) is 24.3. The fourth-order valence-corrected chi connectivity index (χ4v) is 7.47. The Hall–Kier alpha value is -4.98. The third kappa shape index (κ3) is 13.9. The lowest BCUT2D eigenvalue weighted by Crippen LogP contribution is -2.74. The van der Waals surface area contributed by atoms with Crippen LogP contribution in [0.4, 0.5) is 149 Å². The standard InChI is InChI=1S/2C12H10S.2C8HF17O3S/c2*1-3-7-11(8-4-1)13-12-9-5-2-6-10-12;2*9-1(10,3(13,14)5(17,18)7(21,22)23)2(11,12)4(15,16)6(19,20)8(24,25)29(26,27)28/h2*1-10H;2*(H,26,27,28). The predicted octanol–water partition coefficient (Wildman–Crippen LogP) is 17.4. The molecule has 0 unspecified atom stereocenters. The molecule has 0 bridgehead atoms. The number of hydrogen-bond acceptors (Lipinski definition) is 6. The van der Waals surface area contributed by atoms with E-state index in [4.69, 9.17) is 9.11 Å². The molecule has 44 heteroatoms. The molecule has 0 saturated heterocycles. The average Bonchev–Trinajstić information content (AvgIpc) is 3.33. The molecule has 0 aliphatic carbocycles. The highest BCUT2D eigenvalue weighted by molar-refractivity contribution is 7.99. The van der Waals surface area contributed by atoms with Gasteiger partial charge in [-0.05, 0) is 48.5 Å². The number of benzene rings is 4. The normalized spacial score (nSPS) is 14.7. The summed E-state index contributed by atoms with van der Waals surface area (Å²) in [4.78, 5) is 5.14. The van der Waals surface area contributed by atoms with Gasteiger partial charge in [0.05, 0.1) is 0 Å². The lowest BCUT2D eigenvalue weighted by Gasteiger charge is -2.42. The lowest BCUT2D eigenvalue weighted by atomic mass is 9.91. The van der Waals surface area contributed by atoms with Gasteiger partial charge in [-0.15, -0.1) is 0 Å². The Kier molecular flexibility index (Phi) is 22.6. The third-order valence-corrected chi connectivity index (χ3v) is 13.3. The fraction of sp³-hybridized carbons (Fsp3) is 0.400. The van der Waals surface area contributed by atoms with Gasteiger partial charge >= 0.3 is 114 Å². The summed E-state index contributed by atoms with van der Waals surface area (Å²) >= 11 is 3.58. The maximum atomic E-state index is 13.0. The molecule has 0 aliphatic heterocycles. The largest absolute Gasteiger partial charge is 0.460 e. The molecule has 0 aliphatic rings. The van der Waals surface area contributed by atoms with Crippen molar-refractivity contribution in [3.63, 3.8) is 0 Å². The first-order chi connectivity index (χ1) is 36.9. The zero-order chi connectivity index (χ0) is 66.9. The van der Waals surface area contributed by atoms with Crippen LogP contribution in [0, 0.1) is 0 Å². The molecule has 0 atom stereocenters. The lowest BCUT2D eigenvalue weighted by molar-refractivity contribution is -0.458. The molecule has 480 valence electrons. The minimum absolute atomic E-state index is 1.29. The molecule has 0 heterocycles. The van der Waals surface area contributed by atoms with Crippen LogP contribution in [0.25, 0.3) is 0 Å². The maximum absolute atomic E-state index is 13.0. The Balaban J connectivity index is 0.000000593. The molecule has 0 saturated carbocycles. The smallest absolute Gasteiger partial charge is 0.281 e. The van der Waals surface area contributed by atoms with E-state index in [9.17, 15) is 166 Å². The van der Waals surface area contributed by atoms with Crippen LogP contribution in [-0.4, -0.2) is 120 Å². The molecule has 6 nitrogen and oxygen atoms in total. The fourth-order valence-electron chi connectivity index (χ4n) is 4.85. The molecule has 0 spiro atoms. The Morgan fingerprint density at radius 1 is 0.226 bits per heavy atom. The number of hydrogen-bond donors (Lipinski definition) is 2. The van der Waals surface area contributed by atoms with Crippen LogP contribution in [0.5, 0.6) is 0 Å². The molecule has 0 amide bonds. The van der Waals surface area contributed by atoms with Crippen molar-refractivity contribution in [3.8, 4) is 0 Å². The molecule has 0 radical (unpaired) electrons. The molecule has 2 N–H and O–H groups in total. The van der Waals surface area contributed by atoms with Crippen molar-refractivity contribution >= 4 is 43.8 Å². The number of rotatable bonds is 18. The maximum Gasteiger partial charge on any atom is 0.460 e. The summed E-state index contributed by atoms with van der Waals surface area (Å²) in [6.45, 7) is 0. The minimum atomic E-state index is -8.89. The van der Waals surface area contributed by atoms with E-state index >= 15 is 0 Å². The third-order valence-electron chi connectivity index (χ3n) is 9.48. The van der Waals surface area contributed by atoms with Crippen LogP contribution in [0.2, 0.25) is 0 Å². The van der Waals surface area contributed by atoms with Crippen molar-refractivity contribution in [2.75, 3.05) is 0 Å². The van der Waals surface area contributed by atoms with Crippen LogP contribution >= 0.6 is 23.5 Å². The first kappa shape index (κ1) is 77.0. The van der Waals surface area contributed by atoms with Gasteiger partial charge in [-0.2, -0.15) is 166 Å². The molecular weight excluding hydrogens is 1350 g/mol. The van der Waals surface area contributed by atoms with E-state index in [1.165, 1.54) is 19.6 Å². The molecule has 4 aromatic rings. The van der Waals surface area contributed by atoms with Crippen molar-refractivity contribution in [3.05, 3.63) is 121 Å². The van der Waals surface area contributed by atoms with Crippen molar-refractivity contribution < 1.29 is 175 Å². The van der Waals surface area contributed by atoms with Gasteiger partial charge in [-0.25, -0.2) is 0 Å². The summed E-state index contributed by atoms with van der Waals surface area (Å²) in [5.74, 6) is -104. The number of alkyl halides is 34. The molecule has 0 fully saturated rings. The van der Waals surface area contributed by atoms with E-state index in [1.54, 1.807) is 23.5 Å². The summed E-state index contributed by atoms with van der Waals surface area (Å²) in [6.07, 6.45) is -15.8. The Labute approximate surface area is 453 Å². The first-order valence-electron chi connectivity index (χ1n) is 19.8. The summed E-state index contributed by atoms with van der Waals surface area (Å²) in [7, 11) is -15.8. The van der Waals surface area contributed by atoms with E-state index in [-0.39, 0.29) is 0 Å². The molecule has 84 heavy (non-hydrogen) atoms. The Morgan fingerprint density at radius 3 is 0.488 bits per heavy atom.